The SMILES string of the molecule is C[C@H]1CCC[C@@H](N2CCN(C(=O)c3cccc(Cl)c3)CC2)C1. The van der Waals surface area contributed by atoms with Crippen molar-refractivity contribution in [3.8, 4) is 0 Å². The van der Waals surface area contributed by atoms with Gasteiger partial charge in [0.05, 0.1) is 0 Å². The Morgan fingerprint density at radius 2 is 1.95 bits per heavy atom. The smallest absolute Gasteiger partial charge is 0.253 e. The quantitative estimate of drug-likeness (QED) is 0.830. The summed E-state index contributed by atoms with van der Waals surface area (Å²) >= 11 is 5.99. The van der Waals surface area contributed by atoms with E-state index >= 15 is 0 Å². The molecule has 1 aromatic rings. The fourth-order valence-electron chi connectivity index (χ4n) is 3.83. The summed E-state index contributed by atoms with van der Waals surface area (Å²) in [6.07, 6.45) is 5.38. The zero-order valence-corrected chi connectivity index (χ0v) is 14.1. The molecule has 1 aromatic carbocycles. The maximum absolute atomic E-state index is 12.5. The van der Waals surface area contributed by atoms with E-state index in [0.29, 0.717) is 10.6 Å². The van der Waals surface area contributed by atoms with E-state index in [1.165, 1.54) is 25.7 Å². The van der Waals surface area contributed by atoms with Crippen LogP contribution in [0.5, 0.6) is 0 Å². The van der Waals surface area contributed by atoms with E-state index in [1.807, 2.05) is 17.0 Å². The number of rotatable bonds is 2. The third-order valence-electron chi connectivity index (χ3n) is 5.10. The summed E-state index contributed by atoms with van der Waals surface area (Å²) in [5.41, 5.74) is 0.701. The largest absolute Gasteiger partial charge is 0.336 e. The summed E-state index contributed by atoms with van der Waals surface area (Å²) in [7, 11) is 0. The third kappa shape index (κ3) is 3.64. The van der Waals surface area contributed by atoms with Crippen LogP contribution in [0.1, 0.15) is 43.0 Å². The molecule has 120 valence electrons. The minimum atomic E-state index is 0.110. The topological polar surface area (TPSA) is 23.6 Å². The molecular weight excluding hydrogens is 296 g/mol. The predicted octanol–water partition coefficient (Wildman–Crippen LogP) is 3.68. The number of carbonyl (C=O) groups is 1. The number of nitrogens with zero attached hydrogens (tertiary/aromatic N) is 2. The van der Waals surface area contributed by atoms with E-state index in [1.54, 1.807) is 12.1 Å². The molecule has 0 spiro atoms. The van der Waals surface area contributed by atoms with Crippen molar-refractivity contribution in [3.05, 3.63) is 34.9 Å². The van der Waals surface area contributed by atoms with E-state index in [-0.39, 0.29) is 5.91 Å². The number of benzene rings is 1. The van der Waals surface area contributed by atoms with Gasteiger partial charge in [0.2, 0.25) is 0 Å². The molecule has 0 unspecified atom stereocenters. The standard InChI is InChI=1S/C18H25ClN2O/c1-14-4-2-7-17(12-14)20-8-10-21(11-9-20)18(22)15-5-3-6-16(19)13-15/h3,5-6,13-14,17H,2,4,7-12H2,1H3/t14-,17+/m0/s1. The average Bonchev–Trinajstić information content (AvgIpc) is 2.54. The second kappa shape index (κ2) is 7.01. The summed E-state index contributed by atoms with van der Waals surface area (Å²) < 4.78 is 0. The molecule has 1 saturated heterocycles. The number of carbonyl (C=O) groups excluding carboxylic acids is 1. The maximum Gasteiger partial charge on any atom is 0.253 e. The Morgan fingerprint density at radius 1 is 1.18 bits per heavy atom. The molecule has 3 rings (SSSR count). The highest BCUT2D eigenvalue weighted by atomic mass is 35.5. The number of halogens is 1. The van der Waals surface area contributed by atoms with E-state index < -0.39 is 0 Å². The van der Waals surface area contributed by atoms with Crippen LogP contribution < -0.4 is 0 Å². The van der Waals surface area contributed by atoms with Crippen molar-refractivity contribution in [1.82, 2.24) is 9.80 Å². The Labute approximate surface area is 138 Å². The summed E-state index contributed by atoms with van der Waals surface area (Å²) in [6.45, 7) is 6.03. The molecule has 2 fully saturated rings. The van der Waals surface area contributed by atoms with Crippen LogP contribution in [0.3, 0.4) is 0 Å². The zero-order valence-electron chi connectivity index (χ0n) is 13.3. The first-order valence-electron chi connectivity index (χ1n) is 8.42. The molecule has 1 saturated carbocycles. The summed E-state index contributed by atoms with van der Waals surface area (Å²) in [5, 5.41) is 0.626. The summed E-state index contributed by atoms with van der Waals surface area (Å²) in [6, 6.07) is 7.99. The molecule has 2 aliphatic rings. The van der Waals surface area contributed by atoms with Crippen molar-refractivity contribution in [1.29, 1.82) is 0 Å². The normalized spacial score (nSPS) is 26.9. The maximum atomic E-state index is 12.5. The lowest BCUT2D eigenvalue weighted by Crippen LogP contribution is -2.52. The predicted molar refractivity (Wildman–Crippen MR) is 90.3 cm³/mol. The first-order valence-corrected chi connectivity index (χ1v) is 8.80. The van der Waals surface area contributed by atoms with Crippen molar-refractivity contribution in [2.45, 2.75) is 38.6 Å². The fraction of sp³-hybridized carbons (Fsp3) is 0.611. The Balaban J connectivity index is 1.56. The van der Waals surface area contributed by atoms with E-state index in [0.717, 1.165) is 38.1 Å². The average molecular weight is 321 g/mol. The van der Waals surface area contributed by atoms with Crippen LogP contribution in [0.2, 0.25) is 5.02 Å². The van der Waals surface area contributed by atoms with E-state index in [9.17, 15) is 4.79 Å². The van der Waals surface area contributed by atoms with E-state index in [4.69, 9.17) is 11.6 Å². The van der Waals surface area contributed by atoms with Gasteiger partial charge in [-0.3, -0.25) is 9.69 Å². The minimum Gasteiger partial charge on any atom is -0.336 e. The van der Waals surface area contributed by atoms with Crippen LogP contribution in [0.25, 0.3) is 0 Å². The Kier molecular flexibility index (Phi) is 5.04. The van der Waals surface area contributed by atoms with Gasteiger partial charge in [0.25, 0.3) is 5.91 Å². The molecule has 1 heterocycles. The monoisotopic (exact) mass is 320 g/mol. The fourth-order valence-corrected chi connectivity index (χ4v) is 4.02. The second-order valence-corrected chi connectivity index (χ2v) is 7.20. The molecule has 0 N–H and O–H groups in total. The number of amides is 1. The van der Waals surface area contributed by atoms with E-state index in [2.05, 4.69) is 11.8 Å². The van der Waals surface area contributed by atoms with Crippen LogP contribution in [-0.2, 0) is 0 Å². The first-order chi connectivity index (χ1) is 10.6. The zero-order chi connectivity index (χ0) is 15.5. The van der Waals surface area contributed by atoms with Crippen molar-refractivity contribution in [2.75, 3.05) is 26.2 Å². The molecule has 2 atom stereocenters. The summed E-state index contributed by atoms with van der Waals surface area (Å²) in [5.74, 6) is 0.962. The van der Waals surface area contributed by atoms with Crippen LogP contribution in [0, 0.1) is 5.92 Å². The van der Waals surface area contributed by atoms with Gasteiger partial charge >= 0.3 is 0 Å². The molecule has 0 aromatic heterocycles. The molecule has 0 radical (unpaired) electrons. The number of piperazine rings is 1. The van der Waals surface area contributed by atoms with Gasteiger partial charge < -0.3 is 4.90 Å². The van der Waals surface area contributed by atoms with Crippen LogP contribution >= 0.6 is 11.6 Å². The highest BCUT2D eigenvalue weighted by Gasteiger charge is 2.29. The third-order valence-corrected chi connectivity index (χ3v) is 5.33. The van der Waals surface area contributed by atoms with Crippen LogP contribution in [0.4, 0.5) is 0 Å². The molecule has 4 heteroatoms. The van der Waals surface area contributed by atoms with Gasteiger partial charge in [0.15, 0.2) is 0 Å². The minimum absolute atomic E-state index is 0.110. The lowest BCUT2D eigenvalue weighted by atomic mass is 9.86. The number of hydrogen-bond donors (Lipinski definition) is 0. The van der Waals surface area contributed by atoms with Gasteiger partial charge in [-0.2, -0.15) is 0 Å². The molecular formula is C18H25ClN2O. The van der Waals surface area contributed by atoms with Crippen LogP contribution in [-0.4, -0.2) is 47.9 Å². The lowest BCUT2D eigenvalue weighted by molar-refractivity contribution is 0.0489. The summed E-state index contributed by atoms with van der Waals surface area (Å²) in [4.78, 5) is 17.1. The van der Waals surface area contributed by atoms with Crippen molar-refractivity contribution in [3.63, 3.8) is 0 Å². The van der Waals surface area contributed by atoms with Crippen molar-refractivity contribution < 1.29 is 4.79 Å². The van der Waals surface area contributed by atoms with Crippen molar-refractivity contribution >= 4 is 17.5 Å². The highest BCUT2D eigenvalue weighted by Crippen LogP contribution is 2.28. The second-order valence-electron chi connectivity index (χ2n) is 6.76. The first kappa shape index (κ1) is 15.8. The molecule has 3 nitrogen and oxygen atoms in total. The molecule has 0 bridgehead atoms. The van der Waals surface area contributed by atoms with Gasteiger partial charge in [-0.25, -0.2) is 0 Å². The van der Waals surface area contributed by atoms with Crippen molar-refractivity contribution in [2.24, 2.45) is 5.92 Å². The molecule has 1 aliphatic heterocycles. The van der Waals surface area contributed by atoms with Gasteiger partial charge in [-0.15, -0.1) is 0 Å². The van der Waals surface area contributed by atoms with Gasteiger partial charge in [0, 0.05) is 42.8 Å². The van der Waals surface area contributed by atoms with Crippen LogP contribution in [0.15, 0.2) is 24.3 Å². The Hall–Kier alpha value is -1.06. The van der Waals surface area contributed by atoms with Gasteiger partial charge in [-0.05, 0) is 37.0 Å². The number of hydrogen-bond acceptors (Lipinski definition) is 2. The van der Waals surface area contributed by atoms with Gasteiger partial charge in [-0.1, -0.05) is 37.4 Å². The Morgan fingerprint density at radius 3 is 2.64 bits per heavy atom. The Bertz CT molecular complexity index is 526. The molecule has 1 aliphatic carbocycles. The van der Waals surface area contributed by atoms with Gasteiger partial charge in [0.1, 0.15) is 0 Å². The highest BCUT2D eigenvalue weighted by molar-refractivity contribution is 6.30. The molecule has 22 heavy (non-hydrogen) atoms. The lowest BCUT2D eigenvalue weighted by Gasteiger charge is -2.42. The molecule has 1 amide bonds.